The van der Waals surface area contributed by atoms with E-state index in [1.54, 1.807) is 36.7 Å². The number of carbonyl (C=O) groups is 1. The van der Waals surface area contributed by atoms with Gasteiger partial charge in [-0.15, -0.1) is 0 Å². The van der Waals surface area contributed by atoms with Gasteiger partial charge in [0.25, 0.3) is 10.0 Å². The van der Waals surface area contributed by atoms with Crippen molar-refractivity contribution >= 4 is 38.2 Å². The average molecular weight is 473 g/mol. The van der Waals surface area contributed by atoms with Crippen LogP contribution in [0.2, 0.25) is 0 Å². The van der Waals surface area contributed by atoms with E-state index >= 15 is 0 Å². The van der Waals surface area contributed by atoms with Gasteiger partial charge in [0.15, 0.2) is 0 Å². The van der Waals surface area contributed by atoms with E-state index in [1.807, 2.05) is 18.2 Å². The number of anilines is 2. The molecule has 2 aromatic heterocycles. The molecular weight excluding hydrogens is 452 g/mol. The Morgan fingerprint density at radius 1 is 1.00 bits per heavy atom. The Kier molecular flexibility index (Phi) is 4.40. The summed E-state index contributed by atoms with van der Waals surface area (Å²) in [6.45, 7) is 0. The zero-order chi connectivity index (χ0) is 23.5. The molecule has 1 amide bonds. The van der Waals surface area contributed by atoms with Crippen molar-refractivity contribution in [1.82, 2.24) is 9.97 Å². The predicted octanol–water partition coefficient (Wildman–Crippen LogP) is 4.09. The fourth-order valence-corrected chi connectivity index (χ4v) is 5.66. The normalized spacial score (nSPS) is 15.7. The van der Waals surface area contributed by atoms with Crippen molar-refractivity contribution in [3.63, 3.8) is 0 Å². The number of hydrogen-bond donors (Lipinski definition) is 2. The van der Waals surface area contributed by atoms with Gasteiger partial charge in [-0.3, -0.25) is 14.5 Å². The Bertz CT molecular complexity index is 1580. The topological polar surface area (TPSA) is 110 Å². The molecule has 9 heteroatoms. The number of aromatic nitrogens is 2. The van der Waals surface area contributed by atoms with Gasteiger partial charge in [0.1, 0.15) is 5.69 Å². The zero-order valence-electron chi connectivity index (χ0n) is 18.2. The van der Waals surface area contributed by atoms with Crippen molar-refractivity contribution in [1.29, 1.82) is 0 Å². The Labute approximate surface area is 196 Å². The largest absolute Gasteiger partial charge is 0.480 e. The number of methoxy groups -OCH3 is 1. The van der Waals surface area contributed by atoms with Gasteiger partial charge in [0.2, 0.25) is 11.8 Å². The maximum absolute atomic E-state index is 12.9. The van der Waals surface area contributed by atoms with Crippen LogP contribution in [0.5, 0.6) is 5.88 Å². The highest BCUT2D eigenvalue weighted by molar-refractivity contribution is 7.92. The van der Waals surface area contributed by atoms with Gasteiger partial charge in [-0.05, 0) is 48.7 Å². The van der Waals surface area contributed by atoms with Crippen LogP contribution in [-0.4, -0.2) is 31.4 Å². The molecule has 6 rings (SSSR count). The number of ether oxygens (including phenoxy) is 1. The molecule has 8 nitrogen and oxygen atoms in total. The van der Waals surface area contributed by atoms with Gasteiger partial charge in [-0.2, -0.15) is 0 Å². The first-order valence-electron chi connectivity index (χ1n) is 10.8. The lowest BCUT2D eigenvalue weighted by Gasteiger charge is -2.14. The summed E-state index contributed by atoms with van der Waals surface area (Å²) in [7, 11) is -2.39. The van der Waals surface area contributed by atoms with Crippen molar-refractivity contribution in [2.45, 2.75) is 23.2 Å². The Hall–Kier alpha value is -3.98. The van der Waals surface area contributed by atoms with E-state index in [0.29, 0.717) is 5.56 Å². The standard InChI is InChI=1S/C25H20N4O4S/c1-33-23-20(29-34(31,32)17-5-3-2-4-6-17)12-16(13-27-23)15-7-8-19-18(11-15)22-21(14-26-19)28-24(30)25(22)9-10-25/h2-8,11-14,29H,9-10H2,1H3,(H,28,30). The van der Waals surface area contributed by atoms with Gasteiger partial charge in [0, 0.05) is 22.7 Å². The molecule has 1 aliphatic heterocycles. The van der Waals surface area contributed by atoms with Crippen LogP contribution in [0.25, 0.3) is 22.0 Å². The van der Waals surface area contributed by atoms with E-state index in [2.05, 4.69) is 20.0 Å². The fourth-order valence-electron chi connectivity index (χ4n) is 4.59. The summed E-state index contributed by atoms with van der Waals surface area (Å²) < 4.78 is 33.7. The number of rotatable bonds is 5. The number of nitrogens with one attached hydrogen (secondary N) is 2. The number of sulfonamides is 1. The molecule has 1 fully saturated rings. The predicted molar refractivity (Wildman–Crippen MR) is 128 cm³/mol. The molecule has 1 aliphatic carbocycles. The number of hydrogen-bond acceptors (Lipinski definition) is 6. The third-order valence-electron chi connectivity index (χ3n) is 6.46. The van der Waals surface area contributed by atoms with E-state index in [4.69, 9.17) is 4.74 Å². The summed E-state index contributed by atoms with van der Waals surface area (Å²) in [5.74, 6) is 0.198. The van der Waals surface area contributed by atoms with E-state index < -0.39 is 15.4 Å². The molecular formula is C25H20N4O4S. The minimum Gasteiger partial charge on any atom is -0.480 e. The molecule has 34 heavy (non-hydrogen) atoms. The van der Waals surface area contributed by atoms with Crippen LogP contribution in [0.15, 0.2) is 71.9 Å². The van der Waals surface area contributed by atoms with E-state index in [1.165, 1.54) is 19.2 Å². The first kappa shape index (κ1) is 20.6. The third kappa shape index (κ3) is 3.12. The maximum Gasteiger partial charge on any atom is 0.262 e. The molecule has 0 unspecified atom stereocenters. The SMILES string of the molecule is COc1ncc(-c2ccc3ncc4c(c3c2)C2(CC2)C(=O)N4)cc1NS(=O)(=O)c1ccccc1. The molecule has 170 valence electrons. The Morgan fingerprint density at radius 2 is 1.79 bits per heavy atom. The van der Waals surface area contributed by atoms with Crippen LogP contribution in [-0.2, 0) is 20.2 Å². The molecule has 2 aliphatic rings. The highest BCUT2D eigenvalue weighted by atomic mass is 32.2. The second-order valence-corrected chi connectivity index (χ2v) is 10.2. The van der Waals surface area contributed by atoms with Gasteiger partial charge in [-0.25, -0.2) is 13.4 Å². The third-order valence-corrected chi connectivity index (χ3v) is 7.84. The lowest BCUT2D eigenvalue weighted by Crippen LogP contribution is -2.18. The van der Waals surface area contributed by atoms with Crippen molar-refractivity contribution in [2.75, 3.05) is 17.1 Å². The first-order chi connectivity index (χ1) is 16.4. The first-order valence-corrected chi connectivity index (χ1v) is 12.3. The lowest BCUT2D eigenvalue weighted by atomic mass is 9.92. The van der Waals surface area contributed by atoms with Crippen molar-refractivity contribution < 1.29 is 17.9 Å². The average Bonchev–Trinajstić information content (AvgIpc) is 3.60. The molecule has 0 saturated heterocycles. The summed E-state index contributed by atoms with van der Waals surface area (Å²) in [5.41, 5.74) is 3.87. The molecule has 2 aromatic carbocycles. The molecule has 0 atom stereocenters. The van der Waals surface area contributed by atoms with Crippen molar-refractivity contribution in [3.8, 4) is 17.0 Å². The van der Waals surface area contributed by atoms with E-state index in [9.17, 15) is 13.2 Å². The summed E-state index contributed by atoms with van der Waals surface area (Å²) in [4.78, 5) is 21.5. The van der Waals surface area contributed by atoms with Crippen molar-refractivity contribution in [2.24, 2.45) is 0 Å². The summed E-state index contributed by atoms with van der Waals surface area (Å²) >= 11 is 0. The number of carbonyl (C=O) groups excluding carboxylic acids is 1. The summed E-state index contributed by atoms with van der Waals surface area (Å²) in [6, 6.07) is 15.6. The fraction of sp³-hybridized carbons (Fsp3) is 0.160. The molecule has 1 spiro atoms. The number of fused-ring (bicyclic) bond motifs is 4. The highest BCUT2D eigenvalue weighted by Crippen LogP contribution is 2.57. The molecule has 0 bridgehead atoms. The van der Waals surface area contributed by atoms with E-state index in [0.717, 1.165) is 40.6 Å². The van der Waals surface area contributed by atoms with Crippen LogP contribution in [0, 0.1) is 0 Å². The van der Waals surface area contributed by atoms with Gasteiger partial charge in [-0.1, -0.05) is 24.3 Å². The molecule has 4 aromatic rings. The molecule has 0 radical (unpaired) electrons. The minimum atomic E-state index is -3.83. The lowest BCUT2D eigenvalue weighted by molar-refractivity contribution is -0.117. The van der Waals surface area contributed by atoms with Crippen LogP contribution >= 0.6 is 0 Å². The second kappa shape index (κ2) is 7.26. The summed E-state index contributed by atoms with van der Waals surface area (Å²) in [5, 5.41) is 3.87. The Morgan fingerprint density at radius 3 is 2.53 bits per heavy atom. The van der Waals surface area contributed by atoms with Gasteiger partial charge < -0.3 is 10.1 Å². The molecule has 1 saturated carbocycles. The minimum absolute atomic E-state index is 0.0333. The zero-order valence-corrected chi connectivity index (χ0v) is 19.0. The Balaban J connectivity index is 1.44. The van der Waals surface area contributed by atoms with E-state index in [-0.39, 0.29) is 22.4 Å². The molecule has 3 heterocycles. The number of benzene rings is 2. The van der Waals surface area contributed by atoms with Crippen LogP contribution in [0.1, 0.15) is 18.4 Å². The summed E-state index contributed by atoms with van der Waals surface area (Å²) in [6.07, 6.45) is 5.00. The highest BCUT2D eigenvalue weighted by Gasteiger charge is 2.57. The monoisotopic (exact) mass is 472 g/mol. The number of amides is 1. The second-order valence-electron chi connectivity index (χ2n) is 8.51. The van der Waals surface area contributed by atoms with Gasteiger partial charge >= 0.3 is 0 Å². The van der Waals surface area contributed by atoms with Crippen LogP contribution in [0.3, 0.4) is 0 Å². The number of pyridine rings is 2. The smallest absolute Gasteiger partial charge is 0.262 e. The van der Waals surface area contributed by atoms with Crippen LogP contribution < -0.4 is 14.8 Å². The quantitative estimate of drug-likeness (QED) is 0.453. The maximum atomic E-state index is 12.9. The van der Waals surface area contributed by atoms with Gasteiger partial charge in [0.05, 0.1) is 34.8 Å². The van der Waals surface area contributed by atoms with Crippen LogP contribution in [0.4, 0.5) is 11.4 Å². The van der Waals surface area contributed by atoms with Crippen molar-refractivity contribution in [3.05, 3.63) is 72.6 Å². The number of nitrogens with zero attached hydrogens (tertiary/aromatic N) is 2. The molecule has 2 N–H and O–H groups in total.